The molecule has 5 rings (SSSR count). The molecule has 1 N–H and O–H groups in total. The van der Waals surface area contributed by atoms with Gasteiger partial charge in [0.05, 0.1) is 18.2 Å². The molecule has 1 saturated heterocycles. The van der Waals surface area contributed by atoms with E-state index in [1.165, 1.54) is 4.90 Å². The topological polar surface area (TPSA) is 85.3 Å². The van der Waals surface area contributed by atoms with Gasteiger partial charge in [0.2, 0.25) is 0 Å². The largest absolute Gasteiger partial charge is 0.507 e. The summed E-state index contributed by atoms with van der Waals surface area (Å²) in [6, 6.07) is 21.1. The van der Waals surface area contributed by atoms with E-state index < -0.39 is 17.7 Å². The molecule has 3 aromatic carbocycles. The highest BCUT2D eigenvalue weighted by molar-refractivity contribution is 6.46. The number of Topliss-reactive ketones (excluding diaryl/α,β-unsaturated/α-hetero) is 1. The fraction of sp³-hybridized carbons (Fsp3) is 0.267. The Bertz CT molecular complexity index is 1320. The van der Waals surface area contributed by atoms with Crippen LogP contribution in [-0.2, 0) is 16.1 Å². The van der Waals surface area contributed by atoms with Crippen LogP contribution in [0.4, 0.5) is 0 Å². The van der Waals surface area contributed by atoms with E-state index in [1.54, 1.807) is 18.2 Å². The van der Waals surface area contributed by atoms with Gasteiger partial charge in [0.15, 0.2) is 11.5 Å². The molecule has 2 aliphatic heterocycles. The molecule has 0 aromatic heterocycles. The van der Waals surface area contributed by atoms with E-state index in [0.29, 0.717) is 48.2 Å². The standard InChI is InChI=1S/C30H29NO6/c1-2-3-15-35-23-12-9-21(10-13-23)27-26(28(32)22-11-14-24-25(18-22)37-17-16-36-24)29(33)30(34)31(27)19-20-7-5-4-6-8-20/h4-14,18,27,32H,2-3,15-17,19H2,1H3. The number of fused-ring (bicyclic) bond motifs is 1. The molecule has 2 aliphatic rings. The maximum Gasteiger partial charge on any atom is 0.295 e. The van der Waals surface area contributed by atoms with Gasteiger partial charge in [-0.2, -0.15) is 0 Å². The monoisotopic (exact) mass is 499 g/mol. The number of hydrogen-bond acceptors (Lipinski definition) is 6. The molecule has 1 unspecified atom stereocenters. The van der Waals surface area contributed by atoms with Gasteiger partial charge in [-0.3, -0.25) is 9.59 Å². The molecule has 1 fully saturated rings. The predicted octanol–water partition coefficient (Wildman–Crippen LogP) is 5.26. The Balaban J connectivity index is 1.56. The molecule has 0 bridgehead atoms. The first-order valence-electron chi connectivity index (χ1n) is 12.5. The Kier molecular flexibility index (Phi) is 7.12. The minimum Gasteiger partial charge on any atom is -0.507 e. The molecule has 7 heteroatoms. The number of unbranched alkanes of at least 4 members (excludes halogenated alkanes) is 1. The maximum atomic E-state index is 13.3. The van der Waals surface area contributed by atoms with E-state index in [0.717, 1.165) is 18.4 Å². The third-order valence-corrected chi connectivity index (χ3v) is 6.51. The van der Waals surface area contributed by atoms with Crippen molar-refractivity contribution in [3.8, 4) is 17.2 Å². The number of ketones is 1. The molecule has 0 saturated carbocycles. The molecule has 1 amide bonds. The predicted molar refractivity (Wildman–Crippen MR) is 139 cm³/mol. The van der Waals surface area contributed by atoms with Crippen molar-refractivity contribution in [3.05, 3.63) is 95.1 Å². The highest BCUT2D eigenvalue weighted by Crippen LogP contribution is 2.42. The van der Waals surface area contributed by atoms with Crippen molar-refractivity contribution in [1.29, 1.82) is 0 Å². The van der Waals surface area contributed by atoms with Crippen molar-refractivity contribution in [1.82, 2.24) is 4.90 Å². The SMILES string of the molecule is CCCCOc1ccc(C2C(=C(O)c3ccc4c(c3)OCCO4)C(=O)C(=O)N2Cc2ccccc2)cc1. The van der Waals surface area contributed by atoms with Gasteiger partial charge in [0, 0.05) is 12.1 Å². The lowest BCUT2D eigenvalue weighted by Crippen LogP contribution is -2.29. The number of aliphatic hydroxyl groups excluding tert-OH is 1. The van der Waals surface area contributed by atoms with E-state index in [9.17, 15) is 14.7 Å². The van der Waals surface area contributed by atoms with Crippen molar-refractivity contribution in [2.45, 2.75) is 32.4 Å². The molecular formula is C30H29NO6. The quantitative estimate of drug-likeness (QED) is 0.197. The van der Waals surface area contributed by atoms with Gasteiger partial charge < -0.3 is 24.2 Å². The van der Waals surface area contributed by atoms with Crippen LogP contribution in [0.2, 0.25) is 0 Å². The highest BCUT2D eigenvalue weighted by Gasteiger charge is 2.46. The third kappa shape index (κ3) is 5.03. The first-order chi connectivity index (χ1) is 18.1. The molecule has 2 heterocycles. The first-order valence-corrected chi connectivity index (χ1v) is 12.5. The minimum absolute atomic E-state index is 0.0391. The summed E-state index contributed by atoms with van der Waals surface area (Å²) in [7, 11) is 0. The number of rotatable bonds is 8. The molecule has 7 nitrogen and oxygen atoms in total. The zero-order valence-electron chi connectivity index (χ0n) is 20.7. The van der Waals surface area contributed by atoms with Gasteiger partial charge in [-0.1, -0.05) is 55.8 Å². The summed E-state index contributed by atoms with van der Waals surface area (Å²) < 4.78 is 17.0. The summed E-state index contributed by atoms with van der Waals surface area (Å²) in [4.78, 5) is 28.1. The summed E-state index contributed by atoms with van der Waals surface area (Å²) in [5, 5.41) is 11.4. The normalized spacial score (nSPS) is 18.2. The average Bonchev–Trinajstić information content (AvgIpc) is 3.18. The molecule has 0 spiro atoms. The van der Waals surface area contributed by atoms with E-state index in [1.807, 2.05) is 54.6 Å². The number of carbonyl (C=O) groups is 2. The van der Waals surface area contributed by atoms with Crippen LogP contribution in [0.1, 0.15) is 42.5 Å². The van der Waals surface area contributed by atoms with Crippen LogP contribution in [0.15, 0.2) is 78.4 Å². The molecule has 190 valence electrons. The number of ether oxygens (including phenoxy) is 3. The summed E-state index contributed by atoms with van der Waals surface area (Å²) in [5.74, 6) is 0.137. The fourth-order valence-electron chi connectivity index (χ4n) is 4.60. The van der Waals surface area contributed by atoms with Gasteiger partial charge in [-0.15, -0.1) is 0 Å². The van der Waals surface area contributed by atoms with Crippen molar-refractivity contribution >= 4 is 17.4 Å². The van der Waals surface area contributed by atoms with E-state index >= 15 is 0 Å². The maximum absolute atomic E-state index is 13.3. The fourth-order valence-corrected chi connectivity index (χ4v) is 4.60. The summed E-state index contributed by atoms with van der Waals surface area (Å²) in [5.41, 5.74) is 2.01. The van der Waals surface area contributed by atoms with Crippen LogP contribution in [-0.4, -0.2) is 41.5 Å². The van der Waals surface area contributed by atoms with E-state index in [2.05, 4.69) is 6.92 Å². The van der Waals surface area contributed by atoms with E-state index in [4.69, 9.17) is 14.2 Å². The second-order valence-corrected chi connectivity index (χ2v) is 9.04. The number of benzene rings is 3. The number of nitrogens with zero attached hydrogens (tertiary/aromatic N) is 1. The zero-order valence-corrected chi connectivity index (χ0v) is 20.7. The van der Waals surface area contributed by atoms with Crippen molar-refractivity contribution < 1.29 is 28.9 Å². The van der Waals surface area contributed by atoms with Crippen LogP contribution in [0.25, 0.3) is 5.76 Å². The van der Waals surface area contributed by atoms with Gasteiger partial charge in [0.25, 0.3) is 11.7 Å². The van der Waals surface area contributed by atoms with Gasteiger partial charge in [-0.05, 0) is 47.9 Å². The Morgan fingerprint density at radius 1 is 0.973 bits per heavy atom. The molecule has 0 aliphatic carbocycles. The first kappa shape index (κ1) is 24.4. The number of likely N-dealkylation sites (tertiary alicyclic amines) is 1. The lowest BCUT2D eigenvalue weighted by Gasteiger charge is -2.26. The Labute approximate surface area is 215 Å². The van der Waals surface area contributed by atoms with Crippen LogP contribution < -0.4 is 14.2 Å². The number of carbonyl (C=O) groups excluding carboxylic acids is 2. The highest BCUT2D eigenvalue weighted by atomic mass is 16.6. The molecule has 37 heavy (non-hydrogen) atoms. The lowest BCUT2D eigenvalue weighted by molar-refractivity contribution is -0.140. The van der Waals surface area contributed by atoms with Gasteiger partial charge >= 0.3 is 0 Å². The molecule has 3 aromatic rings. The minimum atomic E-state index is -0.766. The molecule has 0 radical (unpaired) electrons. The van der Waals surface area contributed by atoms with Crippen molar-refractivity contribution in [2.24, 2.45) is 0 Å². The second-order valence-electron chi connectivity index (χ2n) is 9.04. The van der Waals surface area contributed by atoms with Crippen LogP contribution in [0.5, 0.6) is 17.2 Å². The molecule has 1 atom stereocenters. The molecular weight excluding hydrogens is 470 g/mol. The van der Waals surface area contributed by atoms with Gasteiger partial charge in [0.1, 0.15) is 24.7 Å². The van der Waals surface area contributed by atoms with Crippen molar-refractivity contribution in [3.63, 3.8) is 0 Å². The van der Waals surface area contributed by atoms with Crippen LogP contribution in [0, 0.1) is 0 Å². The lowest BCUT2D eigenvalue weighted by atomic mass is 9.95. The van der Waals surface area contributed by atoms with Crippen LogP contribution >= 0.6 is 0 Å². The summed E-state index contributed by atoms with van der Waals surface area (Å²) in [6.07, 6.45) is 1.99. The number of amides is 1. The third-order valence-electron chi connectivity index (χ3n) is 6.51. The Hall–Kier alpha value is -4.26. The Morgan fingerprint density at radius 3 is 2.43 bits per heavy atom. The summed E-state index contributed by atoms with van der Waals surface area (Å²) >= 11 is 0. The number of aliphatic hydroxyl groups is 1. The smallest absolute Gasteiger partial charge is 0.295 e. The van der Waals surface area contributed by atoms with Crippen LogP contribution in [0.3, 0.4) is 0 Å². The second kappa shape index (κ2) is 10.8. The zero-order chi connectivity index (χ0) is 25.8. The average molecular weight is 500 g/mol. The number of hydrogen-bond donors (Lipinski definition) is 1. The summed E-state index contributed by atoms with van der Waals surface area (Å²) in [6.45, 7) is 3.78. The van der Waals surface area contributed by atoms with E-state index in [-0.39, 0.29) is 17.9 Å². The van der Waals surface area contributed by atoms with Crippen molar-refractivity contribution in [2.75, 3.05) is 19.8 Å². The van der Waals surface area contributed by atoms with Gasteiger partial charge in [-0.25, -0.2) is 0 Å². The Morgan fingerprint density at radius 2 is 1.70 bits per heavy atom.